The van der Waals surface area contributed by atoms with Gasteiger partial charge in [0.05, 0.1) is 23.2 Å². The molecule has 0 spiro atoms. The zero-order chi connectivity index (χ0) is 20.7. The van der Waals surface area contributed by atoms with Crippen LogP contribution >= 0.6 is 23.4 Å². The van der Waals surface area contributed by atoms with E-state index in [0.717, 1.165) is 21.7 Å². The van der Waals surface area contributed by atoms with Crippen LogP contribution in [-0.2, 0) is 11.2 Å². The third-order valence-corrected chi connectivity index (χ3v) is 7.03. The van der Waals surface area contributed by atoms with E-state index in [1.807, 2.05) is 78.9 Å². The van der Waals surface area contributed by atoms with Gasteiger partial charge in [-0.15, -0.1) is 0 Å². The van der Waals surface area contributed by atoms with E-state index >= 15 is 0 Å². The highest BCUT2D eigenvalue weighted by molar-refractivity contribution is 8.03. The van der Waals surface area contributed by atoms with Gasteiger partial charge in [0.2, 0.25) is 5.91 Å². The number of nitriles is 1. The smallest absolute Gasteiger partial charge is 0.236 e. The van der Waals surface area contributed by atoms with Gasteiger partial charge >= 0.3 is 0 Å². The molecule has 5 rings (SSSR count). The van der Waals surface area contributed by atoms with Crippen molar-refractivity contribution >= 4 is 35.0 Å². The fraction of sp³-hybridized carbons (Fsp3) is 0.120. The Kier molecular flexibility index (Phi) is 4.86. The van der Waals surface area contributed by atoms with Crippen molar-refractivity contribution in [3.63, 3.8) is 0 Å². The van der Waals surface area contributed by atoms with Gasteiger partial charge in [0.25, 0.3) is 0 Å². The molecule has 0 saturated carbocycles. The summed E-state index contributed by atoms with van der Waals surface area (Å²) in [5, 5.41) is 11.5. The predicted molar refractivity (Wildman–Crippen MR) is 120 cm³/mol. The number of hydrogen-bond donors (Lipinski definition) is 0. The van der Waals surface area contributed by atoms with Crippen LogP contribution in [0, 0.1) is 17.2 Å². The predicted octanol–water partition coefficient (Wildman–Crippen LogP) is 6.17. The number of carbonyl (C=O) groups excluding carboxylic acids is 1. The number of allylic oxidation sites excluding steroid dienone is 1. The van der Waals surface area contributed by atoms with E-state index in [2.05, 4.69) is 6.07 Å². The molecule has 30 heavy (non-hydrogen) atoms. The number of fused-ring (bicyclic) bond motifs is 3. The van der Waals surface area contributed by atoms with Crippen molar-refractivity contribution in [3.8, 4) is 6.07 Å². The van der Waals surface area contributed by atoms with Crippen molar-refractivity contribution in [3.05, 3.63) is 106 Å². The molecule has 0 radical (unpaired) electrons. The number of amides is 1. The second-order valence-electron chi connectivity index (χ2n) is 7.40. The topological polar surface area (TPSA) is 44.1 Å². The molecule has 0 N–H and O–H groups in total. The van der Waals surface area contributed by atoms with E-state index in [4.69, 9.17) is 11.6 Å². The molecular weight excluding hydrogens is 412 g/mol. The van der Waals surface area contributed by atoms with Crippen molar-refractivity contribution < 1.29 is 4.79 Å². The first kappa shape index (κ1) is 19.0. The molecule has 0 aliphatic carbocycles. The van der Waals surface area contributed by atoms with Gasteiger partial charge in [0.15, 0.2) is 0 Å². The Labute approximate surface area is 184 Å². The van der Waals surface area contributed by atoms with Gasteiger partial charge < -0.3 is 0 Å². The van der Waals surface area contributed by atoms with E-state index in [1.54, 1.807) is 4.90 Å². The van der Waals surface area contributed by atoms with Gasteiger partial charge in [-0.2, -0.15) is 5.26 Å². The maximum absolute atomic E-state index is 13.9. The highest BCUT2D eigenvalue weighted by Gasteiger charge is 2.47. The molecule has 1 amide bonds. The third-order valence-electron chi connectivity index (χ3n) is 5.63. The van der Waals surface area contributed by atoms with Gasteiger partial charge in [0.1, 0.15) is 5.03 Å². The van der Waals surface area contributed by atoms with Crippen LogP contribution in [0.2, 0.25) is 5.02 Å². The van der Waals surface area contributed by atoms with E-state index in [9.17, 15) is 10.1 Å². The van der Waals surface area contributed by atoms with E-state index in [0.29, 0.717) is 22.0 Å². The molecule has 2 aliphatic heterocycles. The Hall–Kier alpha value is -3.00. The summed E-state index contributed by atoms with van der Waals surface area (Å²) in [4.78, 5) is 16.5. The van der Waals surface area contributed by atoms with Gasteiger partial charge in [-0.25, -0.2) is 0 Å². The molecule has 0 fully saturated rings. The molecule has 0 unspecified atom stereocenters. The molecule has 2 heterocycles. The van der Waals surface area contributed by atoms with Crippen molar-refractivity contribution in [1.82, 2.24) is 0 Å². The SMILES string of the molecule is N#CC1=C2Sc3ccc(Cl)cc3N2C(=O)[C@H](Cc2ccccc2)[C@@H]1c1ccccc1. The number of thioether (sulfide) groups is 1. The second-order valence-corrected chi connectivity index (χ2v) is 8.87. The number of nitrogens with zero attached hydrogens (tertiary/aromatic N) is 2. The Morgan fingerprint density at radius 3 is 2.40 bits per heavy atom. The quantitative estimate of drug-likeness (QED) is 0.501. The van der Waals surface area contributed by atoms with E-state index in [1.165, 1.54) is 11.8 Å². The van der Waals surface area contributed by atoms with Crippen LogP contribution in [0.1, 0.15) is 17.0 Å². The lowest BCUT2D eigenvalue weighted by molar-refractivity contribution is -0.122. The second kappa shape index (κ2) is 7.68. The molecule has 3 aromatic rings. The Morgan fingerprint density at radius 2 is 1.70 bits per heavy atom. The lowest BCUT2D eigenvalue weighted by atomic mass is 9.75. The summed E-state index contributed by atoms with van der Waals surface area (Å²) in [5.74, 6) is -0.651. The van der Waals surface area contributed by atoms with Crippen LogP contribution < -0.4 is 4.90 Å². The summed E-state index contributed by atoms with van der Waals surface area (Å²) < 4.78 is 0. The first-order valence-corrected chi connectivity index (χ1v) is 10.9. The van der Waals surface area contributed by atoms with Crippen LogP contribution in [0.4, 0.5) is 5.69 Å². The molecule has 2 aliphatic rings. The maximum Gasteiger partial charge on any atom is 0.236 e. The van der Waals surface area contributed by atoms with Crippen molar-refractivity contribution in [1.29, 1.82) is 5.26 Å². The highest BCUT2D eigenvalue weighted by atomic mass is 35.5. The molecule has 0 aromatic heterocycles. The van der Waals surface area contributed by atoms with Crippen LogP contribution in [0.25, 0.3) is 0 Å². The van der Waals surface area contributed by atoms with Crippen LogP contribution in [0.5, 0.6) is 0 Å². The molecule has 3 nitrogen and oxygen atoms in total. The fourth-order valence-electron chi connectivity index (χ4n) is 4.30. The van der Waals surface area contributed by atoms with Gasteiger partial charge in [-0.05, 0) is 35.7 Å². The lowest BCUT2D eigenvalue weighted by Crippen LogP contribution is -2.42. The minimum Gasteiger partial charge on any atom is -0.274 e. The maximum atomic E-state index is 13.9. The molecular formula is C25H17ClN2OS. The summed E-state index contributed by atoms with van der Waals surface area (Å²) in [6.07, 6.45) is 0.564. The Morgan fingerprint density at radius 1 is 1.00 bits per heavy atom. The number of benzene rings is 3. The summed E-state index contributed by atoms with van der Waals surface area (Å²) in [5.41, 5.74) is 3.48. The number of anilines is 1. The molecule has 0 bridgehead atoms. The van der Waals surface area contributed by atoms with Crippen molar-refractivity contribution in [2.75, 3.05) is 4.90 Å². The number of hydrogen-bond acceptors (Lipinski definition) is 3. The molecule has 0 saturated heterocycles. The van der Waals surface area contributed by atoms with Crippen molar-refractivity contribution in [2.45, 2.75) is 17.2 Å². The zero-order valence-electron chi connectivity index (χ0n) is 16.0. The Bertz CT molecular complexity index is 1200. The lowest BCUT2D eigenvalue weighted by Gasteiger charge is -2.36. The minimum absolute atomic E-state index is 0.00947. The third kappa shape index (κ3) is 3.11. The van der Waals surface area contributed by atoms with Gasteiger partial charge in [0, 0.05) is 15.8 Å². The normalized spacial score (nSPS) is 20.0. The highest BCUT2D eigenvalue weighted by Crippen LogP contribution is 2.54. The molecule has 5 heteroatoms. The van der Waals surface area contributed by atoms with Crippen LogP contribution in [-0.4, -0.2) is 5.91 Å². The monoisotopic (exact) mass is 428 g/mol. The standard InChI is InChI=1S/C25H17ClN2OS/c26-18-11-12-22-21(14-18)28-24(29)19(13-16-7-3-1-4-8-16)23(17-9-5-2-6-10-17)20(15-27)25(28)30-22/h1-12,14,19,23H,13H2/t19-,23+/m1/s1. The molecule has 2 atom stereocenters. The minimum atomic E-state index is -0.376. The number of rotatable bonds is 3. The van der Waals surface area contributed by atoms with E-state index < -0.39 is 0 Å². The zero-order valence-corrected chi connectivity index (χ0v) is 17.5. The average molecular weight is 429 g/mol. The van der Waals surface area contributed by atoms with Gasteiger partial charge in [-0.1, -0.05) is 84.0 Å². The van der Waals surface area contributed by atoms with Crippen LogP contribution in [0.3, 0.4) is 0 Å². The largest absolute Gasteiger partial charge is 0.274 e. The summed E-state index contributed by atoms with van der Waals surface area (Å²) in [6, 6.07) is 27.9. The Balaban J connectivity index is 1.70. The average Bonchev–Trinajstić information content (AvgIpc) is 3.15. The molecule has 3 aromatic carbocycles. The fourth-order valence-corrected chi connectivity index (χ4v) is 5.63. The summed E-state index contributed by atoms with van der Waals surface area (Å²) >= 11 is 7.71. The first-order valence-electron chi connectivity index (χ1n) is 9.72. The van der Waals surface area contributed by atoms with Crippen LogP contribution in [0.15, 0.2) is 94.4 Å². The number of carbonyl (C=O) groups is 1. The van der Waals surface area contributed by atoms with Gasteiger partial charge in [-0.3, -0.25) is 9.69 Å². The summed E-state index contributed by atoms with van der Waals surface area (Å²) in [7, 11) is 0. The molecule has 146 valence electrons. The summed E-state index contributed by atoms with van der Waals surface area (Å²) in [6.45, 7) is 0. The number of halogens is 1. The first-order chi connectivity index (χ1) is 14.7. The van der Waals surface area contributed by atoms with E-state index in [-0.39, 0.29) is 17.7 Å². The van der Waals surface area contributed by atoms with Crippen molar-refractivity contribution in [2.24, 2.45) is 5.92 Å².